The van der Waals surface area contributed by atoms with E-state index in [2.05, 4.69) is 69.1 Å². The number of benzene rings is 1. The van der Waals surface area contributed by atoms with Crippen molar-refractivity contribution in [3.63, 3.8) is 0 Å². The molecule has 1 N–H and O–H groups in total. The van der Waals surface area contributed by atoms with Crippen LogP contribution >= 0.6 is 11.8 Å². The predicted molar refractivity (Wildman–Crippen MR) is 105 cm³/mol. The van der Waals surface area contributed by atoms with Gasteiger partial charge < -0.3 is 10.1 Å². The number of nitrogens with one attached hydrogen (secondary N) is 1. The summed E-state index contributed by atoms with van der Waals surface area (Å²) in [6.45, 7) is 15.1. The molecule has 0 bridgehead atoms. The minimum atomic E-state index is -0.110. The molecule has 1 amide bonds. The van der Waals surface area contributed by atoms with Gasteiger partial charge in [0.1, 0.15) is 0 Å². The number of nitrogens with zero attached hydrogens (tertiary/aromatic N) is 1. The Labute approximate surface area is 156 Å². The van der Waals surface area contributed by atoms with E-state index in [4.69, 9.17) is 4.74 Å². The second-order valence-electron chi connectivity index (χ2n) is 7.77. The Morgan fingerprint density at radius 2 is 1.84 bits per heavy atom. The van der Waals surface area contributed by atoms with Gasteiger partial charge in [0, 0.05) is 30.1 Å². The fourth-order valence-corrected chi connectivity index (χ4v) is 4.00. The molecule has 1 heterocycles. The van der Waals surface area contributed by atoms with Crippen molar-refractivity contribution in [3.8, 4) is 0 Å². The molecule has 5 heteroatoms. The molecule has 4 nitrogen and oxygen atoms in total. The van der Waals surface area contributed by atoms with Crippen LogP contribution in [0.25, 0.3) is 0 Å². The van der Waals surface area contributed by atoms with Crippen LogP contribution in [0.5, 0.6) is 0 Å². The topological polar surface area (TPSA) is 41.6 Å². The van der Waals surface area contributed by atoms with Crippen molar-refractivity contribution in [3.05, 3.63) is 29.8 Å². The summed E-state index contributed by atoms with van der Waals surface area (Å²) in [5.41, 5.74) is 1.15. The lowest BCUT2D eigenvalue weighted by Crippen LogP contribution is -2.59. The molecule has 0 saturated carbocycles. The lowest BCUT2D eigenvalue weighted by Gasteiger charge is -2.45. The third-order valence-electron chi connectivity index (χ3n) is 4.67. The van der Waals surface area contributed by atoms with E-state index in [0.717, 1.165) is 18.0 Å². The van der Waals surface area contributed by atoms with Gasteiger partial charge in [0.05, 0.1) is 17.5 Å². The molecular formula is C20H32N2O2S. The Bertz CT molecular complexity index is 564. The van der Waals surface area contributed by atoms with Crippen LogP contribution in [0, 0.1) is 6.92 Å². The van der Waals surface area contributed by atoms with Gasteiger partial charge in [-0.3, -0.25) is 9.69 Å². The molecule has 2 rings (SSSR count). The number of rotatable bonds is 6. The summed E-state index contributed by atoms with van der Waals surface area (Å²) in [4.78, 5) is 16.0. The second kappa shape index (κ2) is 8.56. The maximum Gasteiger partial charge on any atom is 0.233 e. The van der Waals surface area contributed by atoms with Crippen LogP contribution in [0.4, 0.5) is 0 Å². The van der Waals surface area contributed by atoms with Crippen LogP contribution in [0.2, 0.25) is 0 Å². The summed E-state index contributed by atoms with van der Waals surface area (Å²) in [5.74, 6) is 0.0907. The van der Waals surface area contributed by atoms with Gasteiger partial charge in [-0.1, -0.05) is 17.7 Å². The van der Waals surface area contributed by atoms with Gasteiger partial charge in [-0.2, -0.15) is 0 Å². The van der Waals surface area contributed by atoms with Crippen molar-refractivity contribution in [2.24, 2.45) is 0 Å². The van der Waals surface area contributed by atoms with Gasteiger partial charge in [-0.15, -0.1) is 11.8 Å². The maximum absolute atomic E-state index is 12.5. The Morgan fingerprint density at radius 1 is 1.28 bits per heavy atom. The fraction of sp³-hybridized carbons (Fsp3) is 0.650. The molecule has 1 aromatic carbocycles. The van der Waals surface area contributed by atoms with Crippen LogP contribution in [0.3, 0.4) is 0 Å². The Balaban J connectivity index is 1.86. The van der Waals surface area contributed by atoms with E-state index in [-0.39, 0.29) is 28.9 Å². The van der Waals surface area contributed by atoms with Crippen molar-refractivity contribution in [2.75, 3.05) is 19.6 Å². The molecule has 1 saturated heterocycles. The number of amides is 1. The first kappa shape index (κ1) is 20.3. The first-order valence-corrected chi connectivity index (χ1v) is 9.97. The summed E-state index contributed by atoms with van der Waals surface area (Å²) in [6.07, 6.45) is 0.462. The third kappa shape index (κ3) is 6.01. The van der Waals surface area contributed by atoms with E-state index in [1.54, 1.807) is 11.8 Å². The summed E-state index contributed by atoms with van der Waals surface area (Å²) in [5, 5.41) is 3.03. The van der Waals surface area contributed by atoms with E-state index >= 15 is 0 Å². The average molecular weight is 365 g/mol. The van der Waals surface area contributed by atoms with Gasteiger partial charge in [0.25, 0.3) is 0 Å². The first-order chi connectivity index (χ1) is 11.7. The number of thioether (sulfide) groups is 1. The average Bonchev–Trinajstić information content (AvgIpc) is 2.54. The zero-order chi connectivity index (χ0) is 18.6. The number of aryl methyl sites for hydroxylation is 1. The first-order valence-electron chi connectivity index (χ1n) is 9.09. The van der Waals surface area contributed by atoms with Crippen LogP contribution in [0.1, 0.15) is 40.2 Å². The highest BCUT2D eigenvalue weighted by Gasteiger charge is 2.33. The number of carbonyl (C=O) groups excluding carboxylic acids is 1. The van der Waals surface area contributed by atoms with Gasteiger partial charge >= 0.3 is 0 Å². The second-order valence-corrected chi connectivity index (χ2v) is 9.18. The Morgan fingerprint density at radius 3 is 2.40 bits per heavy atom. The number of ether oxygens (including phenoxy) is 1. The molecule has 1 fully saturated rings. The SMILES string of the molecule is Cc1ccc(SC(C)C(=O)NCC(C)(C)N2CC(C)OC(C)C2)cc1. The van der Waals surface area contributed by atoms with E-state index in [1.165, 1.54) is 5.56 Å². The van der Waals surface area contributed by atoms with Crippen molar-refractivity contribution in [1.29, 1.82) is 0 Å². The highest BCUT2D eigenvalue weighted by Crippen LogP contribution is 2.24. The molecule has 140 valence electrons. The lowest BCUT2D eigenvalue weighted by atomic mass is 10.00. The molecule has 0 aromatic heterocycles. The summed E-state index contributed by atoms with van der Waals surface area (Å²) < 4.78 is 5.82. The zero-order valence-corrected chi connectivity index (χ0v) is 17.2. The smallest absolute Gasteiger partial charge is 0.233 e. The highest BCUT2D eigenvalue weighted by molar-refractivity contribution is 8.00. The van der Waals surface area contributed by atoms with Gasteiger partial charge in [0.15, 0.2) is 0 Å². The van der Waals surface area contributed by atoms with Crippen LogP contribution in [-0.4, -0.2) is 53.4 Å². The molecule has 0 spiro atoms. The molecular weight excluding hydrogens is 332 g/mol. The van der Waals surface area contributed by atoms with E-state index in [0.29, 0.717) is 6.54 Å². The van der Waals surface area contributed by atoms with Crippen molar-refractivity contribution in [2.45, 2.75) is 69.4 Å². The number of hydrogen-bond donors (Lipinski definition) is 1. The molecule has 1 aromatic rings. The molecule has 0 aliphatic carbocycles. The molecule has 3 atom stereocenters. The largest absolute Gasteiger partial charge is 0.373 e. The van der Waals surface area contributed by atoms with Crippen LogP contribution in [0.15, 0.2) is 29.2 Å². The quantitative estimate of drug-likeness (QED) is 0.785. The highest BCUT2D eigenvalue weighted by atomic mass is 32.2. The maximum atomic E-state index is 12.5. The van der Waals surface area contributed by atoms with Crippen molar-refractivity contribution < 1.29 is 9.53 Å². The minimum Gasteiger partial charge on any atom is -0.373 e. The predicted octanol–water partition coefficient (Wildman–Crippen LogP) is 3.48. The van der Waals surface area contributed by atoms with Gasteiger partial charge in [-0.05, 0) is 53.7 Å². The molecule has 0 radical (unpaired) electrons. The summed E-state index contributed by atoms with van der Waals surface area (Å²) in [7, 11) is 0. The monoisotopic (exact) mass is 364 g/mol. The van der Waals surface area contributed by atoms with E-state index in [1.807, 2.05) is 6.92 Å². The van der Waals surface area contributed by atoms with E-state index in [9.17, 15) is 4.79 Å². The number of morpholine rings is 1. The third-order valence-corrected chi connectivity index (χ3v) is 5.79. The standard InChI is InChI=1S/C20H32N2O2S/c1-14-7-9-18(10-8-14)25-17(4)19(23)21-13-20(5,6)22-11-15(2)24-16(3)12-22/h7-10,15-17H,11-13H2,1-6H3,(H,21,23). The Kier molecular flexibility index (Phi) is 6.94. The minimum absolute atomic E-state index is 0.0871. The van der Waals surface area contributed by atoms with Gasteiger partial charge in [0.2, 0.25) is 5.91 Å². The lowest BCUT2D eigenvalue weighted by molar-refractivity contribution is -0.122. The molecule has 1 aliphatic heterocycles. The number of carbonyl (C=O) groups is 1. The van der Waals surface area contributed by atoms with Crippen LogP contribution in [-0.2, 0) is 9.53 Å². The molecule has 25 heavy (non-hydrogen) atoms. The number of hydrogen-bond acceptors (Lipinski definition) is 4. The van der Waals surface area contributed by atoms with Crippen LogP contribution < -0.4 is 5.32 Å². The molecule has 3 unspecified atom stereocenters. The molecule has 1 aliphatic rings. The zero-order valence-electron chi connectivity index (χ0n) is 16.3. The summed E-state index contributed by atoms with van der Waals surface area (Å²) >= 11 is 1.60. The van der Waals surface area contributed by atoms with Crippen molar-refractivity contribution in [1.82, 2.24) is 10.2 Å². The Hall–Kier alpha value is -1.04. The normalized spacial score (nSPS) is 23.3. The van der Waals surface area contributed by atoms with Crippen molar-refractivity contribution >= 4 is 17.7 Å². The van der Waals surface area contributed by atoms with Gasteiger partial charge in [-0.25, -0.2) is 0 Å². The summed E-state index contributed by atoms with van der Waals surface area (Å²) in [6, 6.07) is 8.31. The van der Waals surface area contributed by atoms with E-state index < -0.39 is 0 Å². The fourth-order valence-electron chi connectivity index (χ4n) is 3.11.